The summed E-state index contributed by atoms with van der Waals surface area (Å²) in [5.74, 6) is 0.0871. The van der Waals surface area contributed by atoms with Crippen LogP contribution in [0.2, 0.25) is 0 Å². The molecule has 0 bridgehead atoms. The van der Waals surface area contributed by atoms with Crippen molar-refractivity contribution in [2.45, 2.75) is 6.61 Å². The maximum absolute atomic E-state index is 12.3. The monoisotopic (exact) mass is 403 g/mol. The maximum atomic E-state index is 12.3. The Labute approximate surface area is 131 Å². The van der Waals surface area contributed by atoms with Crippen molar-refractivity contribution in [1.29, 1.82) is 0 Å². The highest BCUT2D eigenvalue weighted by atomic mass is 79.9. The van der Waals surface area contributed by atoms with Gasteiger partial charge in [-0.2, -0.15) is 8.78 Å². The molecule has 0 heterocycles. The molecule has 2 rings (SSSR count). The Morgan fingerprint density at radius 1 is 1.00 bits per heavy atom. The SMILES string of the molecule is FC(F)Oc1ccc(Br)cc1C=Nc1ccc(Br)cc1. The van der Waals surface area contributed by atoms with E-state index in [1.165, 1.54) is 12.3 Å². The second kappa shape index (κ2) is 6.95. The Hall–Kier alpha value is -1.27. The van der Waals surface area contributed by atoms with Crippen LogP contribution in [0.3, 0.4) is 0 Å². The second-order valence-corrected chi connectivity index (χ2v) is 5.63. The molecule has 20 heavy (non-hydrogen) atoms. The molecule has 0 aliphatic carbocycles. The van der Waals surface area contributed by atoms with E-state index in [0.717, 1.165) is 14.6 Å². The van der Waals surface area contributed by atoms with Crippen molar-refractivity contribution >= 4 is 43.8 Å². The quantitative estimate of drug-likeness (QED) is 0.611. The number of benzene rings is 2. The van der Waals surface area contributed by atoms with Crippen molar-refractivity contribution in [2.24, 2.45) is 4.99 Å². The van der Waals surface area contributed by atoms with E-state index in [9.17, 15) is 8.78 Å². The third kappa shape index (κ3) is 4.38. The van der Waals surface area contributed by atoms with Crippen LogP contribution in [0.15, 0.2) is 56.4 Å². The lowest BCUT2D eigenvalue weighted by Gasteiger charge is -2.07. The summed E-state index contributed by atoms with van der Waals surface area (Å²) in [6.45, 7) is -2.86. The van der Waals surface area contributed by atoms with Crippen LogP contribution in [0.5, 0.6) is 5.75 Å². The smallest absolute Gasteiger partial charge is 0.387 e. The first-order chi connectivity index (χ1) is 9.54. The first-order valence-electron chi connectivity index (χ1n) is 5.58. The van der Waals surface area contributed by atoms with E-state index in [2.05, 4.69) is 41.6 Å². The molecule has 2 aromatic rings. The molecule has 0 spiro atoms. The Kier molecular flexibility index (Phi) is 5.25. The van der Waals surface area contributed by atoms with Crippen LogP contribution in [0.25, 0.3) is 0 Å². The molecule has 2 aromatic carbocycles. The molecule has 0 aliphatic heterocycles. The van der Waals surface area contributed by atoms with E-state index >= 15 is 0 Å². The van der Waals surface area contributed by atoms with E-state index < -0.39 is 6.61 Å². The van der Waals surface area contributed by atoms with Gasteiger partial charge in [0.1, 0.15) is 5.75 Å². The number of ether oxygens (including phenoxy) is 1. The number of hydrogen-bond donors (Lipinski definition) is 0. The normalized spacial score (nSPS) is 11.2. The molecular weight excluding hydrogens is 396 g/mol. The van der Waals surface area contributed by atoms with Gasteiger partial charge < -0.3 is 4.74 Å². The van der Waals surface area contributed by atoms with Gasteiger partial charge in [0.2, 0.25) is 0 Å². The lowest BCUT2D eigenvalue weighted by atomic mass is 10.2. The first-order valence-corrected chi connectivity index (χ1v) is 7.17. The highest BCUT2D eigenvalue weighted by Gasteiger charge is 2.08. The van der Waals surface area contributed by atoms with Crippen molar-refractivity contribution in [3.8, 4) is 5.75 Å². The fourth-order valence-electron chi connectivity index (χ4n) is 1.49. The van der Waals surface area contributed by atoms with Crippen molar-refractivity contribution in [3.63, 3.8) is 0 Å². The molecule has 6 heteroatoms. The van der Waals surface area contributed by atoms with E-state index in [1.807, 2.05) is 24.3 Å². The number of halogens is 4. The van der Waals surface area contributed by atoms with Crippen molar-refractivity contribution < 1.29 is 13.5 Å². The first kappa shape index (κ1) is 15.1. The van der Waals surface area contributed by atoms with E-state index in [-0.39, 0.29) is 5.75 Å². The Bertz CT molecular complexity index is 615. The van der Waals surface area contributed by atoms with E-state index in [1.54, 1.807) is 12.1 Å². The standard InChI is InChI=1S/C14H9Br2F2NO/c15-10-1-4-12(5-2-10)19-8-9-7-11(16)3-6-13(9)20-14(17)18/h1-8,14H. The summed E-state index contributed by atoms with van der Waals surface area (Å²) >= 11 is 6.62. The molecule has 0 N–H and O–H groups in total. The summed E-state index contributed by atoms with van der Waals surface area (Å²) in [5.41, 5.74) is 1.19. The minimum atomic E-state index is -2.86. The Morgan fingerprint density at radius 3 is 2.30 bits per heavy atom. The van der Waals surface area contributed by atoms with Gasteiger partial charge in [-0.3, -0.25) is 4.99 Å². The number of rotatable bonds is 4. The fourth-order valence-corrected chi connectivity index (χ4v) is 2.14. The van der Waals surface area contributed by atoms with Gasteiger partial charge in [-0.1, -0.05) is 31.9 Å². The van der Waals surface area contributed by atoms with Crippen molar-refractivity contribution in [3.05, 3.63) is 57.0 Å². The molecule has 0 atom stereocenters. The molecule has 0 aromatic heterocycles. The molecule has 0 unspecified atom stereocenters. The van der Waals surface area contributed by atoms with Gasteiger partial charge in [0.05, 0.1) is 5.69 Å². The third-order valence-corrected chi connectivity index (χ3v) is 3.39. The van der Waals surface area contributed by atoms with E-state index in [0.29, 0.717) is 5.56 Å². The van der Waals surface area contributed by atoms with Crippen LogP contribution >= 0.6 is 31.9 Å². The highest BCUT2D eigenvalue weighted by molar-refractivity contribution is 9.10. The molecule has 0 fully saturated rings. The topological polar surface area (TPSA) is 21.6 Å². The third-order valence-electron chi connectivity index (χ3n) is 2.37. The summed E-state index contributed by atoms with van der Waals surface area (Å²) in [6, 6.07) is 12.1. The van der Waals surface area contributed by atoms with Gasteiger partial charge in [-0.05, 0) is 42.5 Å². The average molecular weight is 405 g/mol. The molecular formula is C14H9Br2F2NO. The highest BCUT2D eigenvalue weighted by Crippen LogP contribution is 2.24. The van der Waals surface area contributed by atoms with Crippen LogP contribution in [0.4, 0.5) is 14.5 Å². The Balaban J connectivity index is 2.27. The van der Waals surface area contributed by atoms with Gasteiger partial charge in [-0.15, -0.1) is 0 Å². The molecule has 0 aliphatic rings. The average Bonchev–Trinajstić information content (AvgIpc) is 2.40. The maximum Gasteiger partial charge on any atom is 0.387 e. The van der Waals surface area contributed by atoms with Crippen LogP contribution in [-0.4, -0.2) is 12.8 Å². The zero-order valence-electron chi connectivity index (χ0n) is 10.1. The van der Waals surface area contributed by atoms with Crippen LogP contribution in [0.1, 0.15) is 5.56 Å². The summed E-state index contributed by atoms with van der Waals surface area (Å²) in [4.78, 5) is 4.24. The fraction of sp³-hybridized carbons (Fsp3) is 0.0714. The van der Waals surface area contributed by atoms with Gasteiger partial charge in [0.15, 0.2) is 0 Å². The zero-order valence-corrected chi connectivity index (χ0v) is 13.2. The number of aliphatic imine (C=N–C) groups is 1. The summed E-state index contributed by atoms with van der Waals surface area (Å²) < 4.78 is 30.8. The molecule has 0 amide bonds. The molecule has 0 radical (unpaired) electrons. The zero-order chi connectivity index (χ0) is 14.5. The van der Waals surface area contributed by atoms with Crippen LogP contribution in [-0.2, 0) is 0 Å². The van der Waals surface area contributed by atoms with Gasteiger partial charge in [0, 0.05) is 20.7 Å². The molecule has 0 saturated heterocycles. The molecule has 2 nitrogen and oxygen atoms in total. The van der Waals surface area contributed by atoms with E-state index in [4.69, 9.17) is 0 Å². The number of alkyl halides is 2. The predicted molar refractivity (Wildman–Crippen MR) is 82.2 cm³/mol. The summed E-state index contributed by atoms with van der Waals surface area (Å²) in [7, 11) is 0. The largest absolute Gasteiger partial charge is 0.434 e. The number of hydrogen-bond acceptors (Lipinski definition) is 2. The lowest BCUT2D eigenvalue weighted by molar-refractivity contribution is -0.0499. The van der Waals surface area contributed by atoms with Crippen molar-refractivity contribution in [2.75, 3.05) is 0 Å². The van der Waals surface area contributed by atoms with Gasteiger partial charge in [-0.25, -0.2) is 0 Å². The van der Waals surface area contributed by atoms with Crippen LogP contribution in [0, 0.1) is 0 Å². The number of nitrogens with zero attached hydrogens (tertiary/aromatic N) is 1. The molecule has 104 valence electrons. The van der Waals surface area contributed by atoms with Gasteiger partial charge in [0.25, 0.3) is 0 Å². The molecule has 0 saturated carbocycles. The second-order valence-electron chi connectivity index (χ2n) is 3.80. The summed E-state index contributed by atoms with van der Waals surface area (Å²) in [6.07, 6.45) is 1.49. The Morgan fingerprint density at radius 2 is 1.65 bits per heavy atom. The van der Waals surface area contributed by atoms with Crippen LogP contribution < -0.4 is 4.74 Å². The van der Waals surface area contributed by atoms with Crippen molar-refractivity contribution in [1.82, 2.24) is 0 Å². The predicted octanol–water partition coefficient (Wildman–Crippen LogP) is 5.56. The lowest BCUT2D eigenvalue weighted by Crippen LogP contribution is -2.04. The summed E-state index contributed by atoms with van der Waals surface area (Å²) in [5, 5.41) is 0. The van der Waals surface area contributed by atoms with Gasteiger partial charge >= 0.3 is 6.61 Å². The minimum Gasteiger partial charge on any atom is -0.434 e. The minimum absolute atomic E-state index is 0.0871.